The number of carbonyl (C=O) groups excluding carboxylic acids is 1. The van der Waals surface area contributed by atoms with Crippen LogP contribution in [0.2, 0.25) is 0 Å². The van der Waals surface area contributed by atoms with Gasteiger partial charge in [0.25, 0.3) is 0 Å². The van der Waals surface area contributed by atoms with Crippen molar-refractivity contribution in [3.8, 4) is 5.75 Å². The lowest BCUT2D eigenvalue weighted by atomic mass is 9.86. The first-order valence-electron chi connectivity index (χ1n) is 10.1. The minimum absolute atomic E-state index is 0.112. The zero-order chi connectivity index (χ0) is 17.9. The zero-order valence-electron chi connectivity index (χ0n) is 15.7. The summed E-state index contributed by atoms with van der Waals surface area (Å²) in [4.78, 5) is 15.4. The van der Waals surface area contributed by atoms with Crippen LogP contribution < -0.4 is 4.74 Å². The summed E-state index contributed by atoms with van der Waals surface area (Å²) in [6.07, 6.45) is 9.24. The van der Waals surface area contributed by atoms with Gasteiger partial charge in [-0.15, -0.1) is 0 Å². The number of piperidine rings is 1. The number of hydrogen-bond donors (Lipinski definition) is 0. The molecule has 1 saturated heterocycles. The maximum Gasteiger partial charge on any atom is 0.226 e. The Bertz CT molecular complexity index is 779. The van der Waals surface area contributed by atoms with Gasteiger partial charge in [-0.05, 0) is 60.6 Å². The Morgan fingerprint density at radius 2 is 1.85 bits per heavy atom. The van der Waals surface area contributed by atoms with Crippen molar-refractivity contribution in [1.82, 2.24) is 4.90 Å². The summed E-state index contributed by atoms with van der Waals surface area (Å²) in [5, 5.41) is 2.44. The second kappa shape index (κ2) is 7.69. The predicted octanol–water partition coefficient (Wildman–Crippen LogP) is 4.96. The Morgan fingerprint density at radius 3 is 2.65 bits per heavy atom. The second-order valence-electron chi connectivity index (χ2n) is 7.87. The fraction of sp³-hybridized carbons (Fsp3) is 0.522. The van der Waals surface area contributed by atoms with Gasteiger partial charge in [0.05, 0.1) is 7.11 Å². The molecule has 138 valence electrons. The number of ether oxygens (including phenoxy) is 1. The van der Waals surface area contributed by atoms with Gasteiger partial charge in [0.15, 0.2) is 0 Å². The van der Waals surface area contributed by atoms with Crippen LogP contribution in [0.3, 0.4) is 0 Å². The SMILES string of the molecule is COc1cc(CC2CCCN(C3CCCCC3)C2=O)c2ccccc2c1. The molecule has 0 aromatic heterocycles. The van der Waals surface area contributed by atoms with E-state index in [1.54, 1.807) is 7.11 Å². The van der Waals surface area contributed by atoms with E-state index in [9.17, 15) is 4.79 Å². The molecule has 1 unspecified atom stereocenters. The van der Waals surface area contributed by atoms with E-state index in [4.69, 9.17) is 4.74 Å². The molecule has 0 radical (unpaired) electrons. The summed E-state index contributed by atoms with van der Waals surface area (Å²) >= 11 is 0. The maximum atomic E-state index is 13.2. The Labute approximate surface area is 156 Å². The van der Waals surface area contributed by atoms with Crippen molar-refractivity contribution >= 4 is 16.7 Å². The van der Waals surface area contributed by atoms with Crippen LogP contribution in [0.25, 0.3) is 10.8 Å². The third kappa shape index (κ3) is 3.44. The molecule has 26 heavy (non-hydrogen) atoms. The number of likely N-dealkylation sites (tertiary alicyclic amines) is 1. The number of nitrogens with zero attached hydrogens (tertiary/aromatic N) is 1. The number of fused-ring (bicyclic) bond motifs is 1. The maximum absolute atomic E-state index is 13.2. The largest absolute Gasteiger partial charge is 0.497 e. The fourth-order valence-corrected chi connectivity index (χ4v) is 4.83. The van der Waals surface area contributed by atoms with Gasteiger partial charge in [-0.25, -0.2) is 0 Å². The van der Waals surface area contributed by atoms with E-state index in [1.165, 1.54) is 48.4 Å². The number of rotatable bonds is 4. The van der Waals surface area contributed by atoms with Gasteiger partial charge in [0, 0.05) is 18.5 Å². The second-order valence-corrected chi connectivity index (χ2v) is 7.87. The first-order valence-corrected chi connectivity index (χ1v) is 10.1. The van der Waals surface area contributed by atoms with Crippen LogP contribution in [0.15, 0.2) is 36.4 Å². The van der Waals surface area contributed by atoms with Gasteiger partial charge in [0.2, 0.25) is 5.91 Å². The standard InChI is InChI=1S/C23H29NO2/c1-26-21-15-17-8-5-6-12-22(17)19(16-21)14-18-9-7-13-24(23(18)25)20-10-3-2-4-11-20/h5-6,8,12,15-16,18,20H,2-4,7,9-11,13-14H2,1H3. The van der Waals surface area contributed by atoms with Gasteiger partial charge in [-0.3, -0.25) is 4.79 Å². The smallest absolute Gasteiger partial charge is 0.226 e. The highest BCUT2D eigenvalue weighted by molar-refractivity contribution is 5.88. The molecule has 1 amide bonds. The predicted molar refractivity (Wildman–Crippen MR) is 106 cm³/mol. The van der Waals surface area contributed by atoms with E-state index < -0.39 is 0 Å². The molecule has 4 rings (SSSR count). The molecular formula is C23H29NO2. The van der Waals surface area contributed by atoms with Crippen LogP contribution in [0, 0.1) is 5.92 Å². The topological polar surface area (TPSA) is 29.5 Å². The molecule has 3 nitrogen and oxygen atoms in total. The summed E-state index contributed by atoms with van der Waals surface area (Å²) < 4.78 is 5.50. The zero-order valence-corrected chi connectivity index (χ0v) is 15.7. The average molecular weight is 351 g/mol. The van der Waals surface area contributed by atoms with Gasteiger partial charge in [-0.2, -0.15) is 0 Å². The highest BCUT2D eigenvalue weighted by atomic mass is 16.5. The van der Waals surface area contributed by atoms with Crippen molar-refractivity contribution in [3.63, 3.8) is 0 Å². The highest BCUT2D eigenvalue weighted by Crippen LogP contribution is 2.32. The van der Waals surface area contributed by atoms with Crippen molar-refractivity contribution in [2.75, 3.05) is 13.7 Å². The summed E-state index contributed by atoms with van der Waals surface area (Å²) in [6.45, 7) is 0.957. The molecule has 2 fully saturated rings. The monoisotopic (exact) mass is 351 g/mol. The van der Waals surface area contributed by atoms with E-state index in [1.807, 2.05) is 0 Å². The average Bonchev–Trinajstić information content (AvgIpc) is 2.70. The van der Waals surface area contributed by atoms with Gasteiger partial charge >= 0.3 is 0 Å². The molecule has 2 aromatic carbocycles. The molecule has 3 heteroatoms. The van der Waals surface area contributed by atoms with Crippen LogP contribution in [0.5, 0.6) is 5.75 Å². The third-order valence-electron chi connectivity index (χ3n) is 6.22. The van der Waals surface area contributed by atoms with Crippen LogP contribution in [-0.2, 0) is 11.2 Å². The Balaban J connectivity index is 1.58. The summed E-state index contributed by atoms with van der Waals surface area (Å²) in [7, 11) is 1.71. The molecular weight excluding hydrogens is 322 g/mol. The van der Waals surface area contributed by atoms with E-state index in [2.05, 4.69) is 41.3 Å². The molecule has 0 N–H and O–H groups in total. The van der Waals surface area contributed by atoms with E-state index in [-0.39, 0.29) is 5.92 Å². The Kier molecular flexibility index (Phi) is 5.14. The van der Waals surface area contributed by atoms with Crippen LogP contribution >= 0.6 is 0 Å². The Hall–Kier alpha value is -2.03. The van der Waals surface area contributed by atoms with Gasteiger partial charge < -0.3 is 9.64 Å². The van der Waals surface area contributed by atoms with E-state index in [0.29, 0.717) is 11.9 Å². The summed E-state index contributed by atoms with van der Waals surface area (Å²) in [6, 6.07) is 13.1. The lowest BCUT2D eigenvalue weighted by Crippen LogP contribution is -2.48. The van der Waals surface area contributed by atoms with Crippen LogP contribution in [-0.4, -0.2) is 30.5 Å². The quantitative estimate of drug-likeness (QED) is 0.779. The number of methoxy groups -OCH3 is 1. The van der Waals surface area contributed by atoms with Crippen molar-refractivity contribution in [2.24, 2.45) is 5.92 Å². The molecule has 2 aliphatic rings. The van der Waals surface area contributed by atoms with Gasteiger partial charge in [-0.1, -0.05) is 43.5 Å². The highest BCUT2D eigenvalue weighted by Gasteiger charge is 2.33. The fourth-order valence-electron chi connectivity index (χ4n) is 4.83. The molecule has 0 bridgehead atoms. The first kappa shape index (κ1) is 17.4. The molecule has 2 aromatic rings. The van der Waals surface area contributed by atoms with E-state index in [0.717, 1.165) is 31.6 Å². The Morgan fingerprint density at radius 1 is 1.04 bits per heavy atom. The minimum atomic E-state index is 0.112. The van der Waals surface area contributed by atoms with E-state index >= 15 is 0 Å². The van der Waals surface area contributed by atoms with Crippen LogP contribution in [0.4, 0.5) is 0 Å². The third-order valence-corrected chi connectivity index (χ3v) is 6.22. The number of carbonyl (C=O) groups is 1. The van der Waals surface area contributed by atoms with Crippen molar-refractivity contribution in [2.45, 2.75) is 57.4 Å². The number of hydrogen-bond acceptors (Lipinski definition) is 2. The van der Waals surface area contributed by atoms with Gasteiger partial charge in [0.1, 0.15) is 5.75 Å². The normalized spacial score (nSPS) is 22.0. The minimum Gasteiger partial charge on any atom is -0.497 e. The number of benzene rings is 2. The molecule has 1 heterocycles. The van der Waals surface area contributed by atoms with Crippen molar-refractivity contribution < 1.29 is 9.53 Å². The first-order chi connectivity index (χ1) is 12.8. The lowest BCUT2D eigenvalue weighted by molar-refractivity contribution is -0.141. The lowest BCUT2D eigenvalue weighted by Gasteiger charge is -2.40. The molecule has 0 spiro atoms. The molecule has 1 atom stereocenters. The summed E-state index contributed by atoms with van der Waals surface area (Å²) in [5.74, 6) is 1.38. The number of amides is 1. The van der Waals surface area contributed by atoms with Crippen LogP contribution in [0.1, 0.15) is 50.5 Å². The summed E-state index contributed by atoms with van der Waals surface area (Å²) in [5.41, 5.74) is 1.24. The molecule has 1 aliphatic carbocycles. The molecule has 1 aliphatic heterocycles. The van der Waals surface area contributed by atoms with Crippen molar-refractivity contribution in [1.29, 1.82) is 0 Å². The van der Waals surface area contributed by atoms with Crippen molar-refractivity contribution in [3.05, 3.63) is 42.0 Å². The molecule has 1 saturated carbocycles.